The van der Waals surface area contributed by atoms with Gasteiger partial charge in [0.2, 0.25) is 0 Å². The first kappa shape index (κ1) is 17.8. The van der Waals surface area contributed by atoms with Gasteiger partial charge in [-0.3, -0.25) is 4.79 Å². The van der Waals surface area contributed by atoms with Gasteiger partial charge in [0.25, 0.3) is 5.91 Å². The van der Waals surface area contributed by atoms with E-state index in [-0.39, 0.29) is 5.56 Å². The lowest BCUT2D eigenvalue weighted by molar-refractivity contribution is 0.100. The van der Waals surface area contributed by atoms with Gasteiger partial charge in [-0.2, -0.15) is 0 Å². The summed E-state index contributed by atoms with van der Waals surface area (Å²) in [6.45, 7) is 1.86. The summed E-state index contributed by atoms with van der Waals surface area (Å²) < 4.78 is 10.6. The number of halogens is 1. The van der Waals surface area contributed by atoms with Crippen LogP contribution in [0.1, 0.15) is 15.9 Å². The summed E-state index contributed by atoms with van der Waals surface area (Å²) in [5.74, 6) is 0.464. The fourth-order valence-corrected chi connectivity index (χ4v) is 3.03. The molecule has 1 heterocycles. The first-order valence-corrected chi connectivity index (χ1v) is 8.16. The molecule has 0 unspecified atom stereocenters. The molecule has 3 aromatic rings. The van der Waals surface area contributed by atoms with Crippen LogP contribution < -0.4 is 20.9 Å². The molecule has 0 radical (unpaired) electrons. The smallest absolute Gasteiger partial charge is 0.250 e. The zero-order chi connectivity index (χ0) is 19.0. The number of methoxy groups -OCH3 is 2. The molecule has 3 rings (SSSR count). The molecule has 0 saturated carbocycles. The Morgan fingerprint density at radius 2 is 1.73 bits per heavy atom. The van der Waals surface area contributed by atoms with E-state index in [2.05, 4.69) is 4.98 Å². The second-order valence-electron chi connectivity index (χ2n) is 5.84. The zero-order valence-electron chi connectivity index (χ0n) is 14.6. The third kappa shape index (κ3) is 2.99. The number of ether oxygens (including phenoxy) is 2. The molecule has 0 fully saturated rings. The molecule has 26 heavy (non-hydrogen) atoms. The lowest BCUT2D eigenvalue weighted by Crippen LogP contribution is -2.13. The van der Waals surface area contributed by atoms with E-state index in [9.17, 15) is 4.79 Å². The van der Waals surface area contributed by atoms with E-state index in [1.54, 1.807) is 37.4 Å². The quantitative estimate of drug-likeness (QED) is 0.683. The molecule has 4 N–H and O–H groups in total. The van der Waals surface area contributed by atoms with Crippen molar-refractivity contribution in [3.63, 3.8) is 0 Å². The molecule has 0 aliphatic rings. The van der Waals surface area contributed by atoms with Crippen LogP contribution in [0, 0.1) is 6.92 Å². The molecule has 7 heteroatoms. The van der Waals surface area contributed by atoms with Crippen molar-refractivity contribution in [1.82, 2.24) is 4.98 Å². The summed E-state index contributed by atoms with van der Waals surface area (Å²) in [4.78, 5) is 16.7. The second-order valence-corrected chi connectivity index (χ2v) is 6.24. The number of amides is 1. The fraction of sp³-hybridized carbons (Fsp3) is 0.158. The average Bonchev–Trinajstić information content (AvgIpc) is 2.62. The molecule has 1 amide bonds. The van der Waals surface area contributed by atoms with Gasteiger partial charge < -0.3 is 20.9 Å². The number of hydrogen-bond donors (Lipinski definition) is 2. The molecule has 134 valence electrons. The van der Waals surface area contributed by atoms with Crippen LogP contribution in [0.2, 0.25) is 5.02 Å². The van der Waals surface area contributed by atoms with Gasteiger partial charge in [-0.25, -0.2) is 4.98 Å². The standard InChI is InChI=1S/C19H18ClN3O3/c1-9-4-11(13(20)7-14(9)21)18-12(19(22)24)5-10-6-16(25-2)17(26-3)8-15(10)23-18/h4-8H,21H2,1-3H3,(H2,22,24). The van der Waals surface area contributed by atoms with E-state index < -0.39 is 5.91 Å². The van der Waals surface area contributed by atoms with Gasteiger partial charge in [0, 0.05) is 22.7 Å². The van der Waals surface area contributed by atoms with E-state index >= 15 is 0 Å². The normalized spacial score (nSPS) is 10.8. The molecule has 0 aliphatic carbocycles. The van der Waals surface area contributed by atoms with Crippen molar-refractivity contribution in [2.24, 2.45) is 5.73 Å². The van der Waals surface area contributed by atoms with Crippen molar-refractivity contribution in [3.05, 3.63) is 46.5 Å². The van der Waals surface area contributed by atoms with Crippen molar-refractivity contribution < 1.29 is 14.3 Å². The van der Waals surface area contributed by atoms with Crippen molar-refractivity contribution >= 4 is 34.1 Å². The summed E-state index contributed by atoms with van der Waals surface area (Å²) in [6.07, 6.45) is 0. The largest absolute Gasteiger partial charge is 0.493 e. The highest BCUT2D eigenvalue weighted by atomic mass is 35.5. The first-order valence-electron chi connectivity index (χ1n) is 7.78. The maximum absolute atomic E-state index is 12.0. The number of aryl methyl sites for hydroxylation is 1. The first-order chi connectivity index (χ1) is 12.3. The summed E-state index contributed by atoms with van der Waals surface area (Å²) >= 11 is 6.35. The SMILES string of the molecule is COc1cc2cc(C(N)=O)c(-c3cc(C)c(N)cc3Cl)nc2cc1OC. The van der Waals surface area contributed by atoms with Gasteiger partial charge in [-0.15, -0.1) is 0 Å². The van der Waals surface area contributed by atoms with Gasteiger partial charge in [0.15, 0.2) is 11.5 Å². The summed E-state index contributed by atoms with van der Waals surface area (Å²) in [6, 6.07) is 8.58. The molecule has 1 aromatic heterocycles. The fourth-order valence-electron chi connectivity index (χ4n) is 2.77. The Kier molecular flexibility index (Phi) is 4.61. The highest BCUT2D eigenvalue weighted by Crippen LogP contribution is 2.37. The van der Waals surface area contributed by atoms with Crippen LogP contribution in [0.5, 0.6) is 11.5 Å². The van der Waals surface area contributed by atoms with Crippen LogP contribution in [0.25, 0.3) is 22.2 Å². The Balaban J connectivity index is 2.35. The maximum Gasteiger partial charge on any atom is 0.250 e. The average molecular weight is 372 g/mol. The lowest BCUT2D eigenvalue weighted by atomic mass is 10.00. The van der Waals surface area contributed by atoms with E-state index in [0.717, 1.165) is 5.56 Å². The minimum Gasteiger partial charge on any atom is -0.493 e. The van der Waals surface area contributed by atoms with Crippen molar-refractivity contribution in [1.29, 1.82) is 0 Å². The number of aromatic nitrogens is 1. The topological polar surface area (TPSA) is 100 Å². The van der Waals surface area contributed by atoms with Crippen LogP contribution in [-0.4, -0.2) is 25.1 Å². The summed E-state index contributed by atoms with van der Waals surface area (Å²) in [7, 11) is 3.08. The molecule has 0 bridgehead atoms. The maximum atomic E-state index is 12.0. The molecule has 0 aliphatic heterocycles. The van der Waals surface area contributed by atoms with Gasteiger partial charge in [0.1, 0.15) is 0 Å². The van der Waals surface area contributed by atoms with Gasteiger partial charge in [0.05, 0.1) is 36.0 Å². The highest BCUT2D eigenvalue weighted by Gasteiger charge is 2.18. The van der Waals surface area contributed by atoms with Crippen molar-refractivity contribution in [2.75, 3.05) is 20.0 Å². The molecule has 0 spiro atoms. The number of rotatable bonds is 4. The summed E-state index contributed by atoms with van der Waals surface area (Å²) in [5, 5.41) is 1.09. The number of anilines is 1. The lowest BCUT2D eigenvalue weighted by Gasteiger charge is -2.14. The van der Waals surface area contributed by atoms with E-state index in [1.165, 1.54) is 7.11 Å². The molecule has 2 aromatic carbocycles. The Morgan fingerprint density at radius 3 is 2.35 bits per heavy atom. The van der Waals surface area contributed by atoms with Gasteiger partial charge >= 0.3 is 0 Å². The number of carbonyl (C=O) groups is 1. The number of nitrogens with zero attached hydrogens (tertiary/aromatic N) is 1. The predicted molar refractivity (Wildman–Crippen MR) is 103 cm³/mol. The number of pyridine rings is 1. The minimum atomic E-state index is -0.602. The van der Waals surface area contributed by atoms with E-state index in [4.69, 9.17) is 32.5 Å². The van der Waals surface area contributed by atoms with Gasteiger partial charge in [-0.05, 0) is 36.8 Å². The molecular weight excluding hydrogens is 354 g/mol. The van der Waals surface area contributed by atoms with Crippen LogP contribution in [0.4, 0.5) is 5.69 Å². The molecule has 6 nitrogen and oxygen atoms in total. The Labute approximate surface area is 155 Å². The Morgan fingerprint density at radius 1 is 1.08 bits per heavy atom. The summed E-state index contributed by atoms with van der Waals surface area (Å²) in [5.41, 5.74) is 14.7. The number of carbonyl (C=O) groups excluding carboxylic acids is 1. The van der Waals surface area contributed by atoms with E-state index in [1.807, 2.05) is 6.92 Å². The number of nitrogen functional groups attached to an aromatic ring is 1. The molecule has 0 saturated heterocycles. The van der Waals surface area contributed by atoms with Crippen LogP contribution in [0.15, 0.2) is 30.3 Å². The molecule has 0 atom stereocenters. The number of primary amides is 1. The van der Waals surface area contributed by atoms with Gasteiger partial charge in [-0.1, -0.05) is 11.6 Å². The van der Waals surface area contributed by atoms with Crippen LogP contribution in [-0.2, 0) is 0 Å². The number of hydrogen-bond acceptors (Lipinski definition) is 5. The Hall–Kier alpha value is -2.99. The minimum absolute atomic E-state index is 0.260. The number of nitrogens with two attached hydrogens (primary N) is 2. The Bertz CT molecular complexity index is 1030. The van der Waals surface area contributed by atoms with E-state index in [0.29, 0.717) is 44.4 Å². The van der Waals surface area contributed by atoms with Crippen LogP contribution >= 0.6 is 11.6 Å². The monoisotopic (exact) mass is 371 g/mol. The number of fused-ring (bicyclic) bond motifs is 1. The second kappa shape index (κ2) is 6.72. The predicted octanol–water partition coefficient (Wildman–Crippen LogP) is 3.56. The molecular formula is C19H18ClN3O3. The third-order valence-corrected chi connectivity index (χ3v) is 4.51. The third-order valence-electron chi connectivity index (χ3n) is 4.20. The van der Waals surface area contributed by atoms with Crippen molar-refractivity contribution in [3.8, 4) is 22.8 Å². The van der Waals surface area contributed by atoms with Crippen LogP contribution in [0.3, 0.4) is 0 Å². The van der Waals surface area contributed by atoms with Crippen molar-refractivity contribution in [2.45, 2.75) is 6.92 Å². The zero-order valence-corrected chi connectivity index (χ0v) is 15.3. The highest BCUT2D eigenvalue weighted by molar-refractivity contribution is 6.34. The number of benzene rings is 2.